The summed E-state index contributed by atoms with van der Waals surface area (Å²) in [4.78, 5) is 0. The number of unbranched alkanes of at least 4 members (excludes halogenated alkanes) is 4. The van der Waals surface area contributed by atoms with Crippen LogP contribution in [0, 0.1) is 0 Å². The first-order valence-corrected chi connectivity index (χ1v) is 13.3. The van der Waals surface area contributed by atoms with Crippen LogP contribution in [0.3, 0.4) is 0 Å². The maximum absolute atomic E-state index is 4.67. The molecule has 0 rings (SSSR count). The smallest absolute Gasteiger partial charge is 0.324 e. The molecule has 0 aliphatic rings. The molecule has 0 amide bonds. The number of quaternary nitrogens is 1. The van der Waals surface area contributed by atoms with E-state index in [1.54, 1.807) is 45.6 Å². The summed E-state index contributed by atoms with van der Waals surface area (Å²) >= 11 is 0. The molecule has 0 saturated heterocycles. The average Bonchev–Trinajstić information content (AvgIpc) is 2.85. The Balaban J connectivity index is -0.000000134. The molecule has 0 saturated carbocycles. The Labute approximate surface area is 220 Å². The van der Waals surface area contributed by atoms with E-state index in [-0.39, 0.29) is 17.1 Å². The molecule has 0 aromatic rings. The molecule has 0 aromatic heterocycles. The minimum Gasteiger partial charge on any atom is -0.324 e. The molecule has 0 aromatic carbocycles. The molecule has 0 heterocycles. The van der Waals surface area contributed by atoms with Gasteiger partial charge in [0.25, 0.3) is 0 Å². The fourth-order valence-electron chi connectivity index (χ4n) is 2.87. The van der Waals surface area contributed by atoms with Crippen molar-refractivity contribution in [3.05, 3.63) is 50.6 Å². The fraction of sp³-hybridized carbons (Fsp3) is 0.704. The zero-order valence-electron chi connectivity index (χ0n) is 23.1. The zero-order valence-corrected chi connectivity index (χ0v) is 25.2. The van der Waals surface area contributed by atoms with Gasteiger partial charge in [-0.15, -0.1) is 0 Å². The third-order valence-electron chi connectivity index (χ3n) is 4.72. The molecule has 33 heavy (non-hydrogen) atoms. The SMILES string of the molecule is C=CC=C.C=CC=C.CCCC[N+](CCCC)(CCCC)CCCC.COP(OC)OC.[Mn]. The molecule has 0 bridgehead atoms. The van der Waals surface area contributed by atoms with Crippen LogP contribution in [0.25, 0.3) is 0 Å². The molecule has 6 heteroatoms. The van der Waals surface area contributed by atoms with Gasteiger partial charge in [0, 0.05) is 38.4 Å². The van der Waals surface area contributed by atoms with E-state index in [0.717, 1.165) is 0 Å². The zero-order chi connectivity index (χ0) is 25.5. The van der Waals surface area contributed by atoms with Crippen molar-refractivity contribution in [3.63, 3.8) is 0 Å². The second kappa shape index (κ2) is 39.0. The third-order valence-corrected chi connectivity index (χ3v) is 5.62. The third kappa shape index (κ3) is 36.5. The topological polar surface area (TPSA) is 27.7 Å². The largest absolute Gasteiger partial charge is 0.331 e. The molecule has 0 aliphatic heterocycles. The molecule has 0 N–H and O–H groups in total. The molecule has 4 nitrogen and oxygen atoms in total. The molecular weight excluding hydrogens is 472 g/mol. The summed E-state index contributed by atoms with van der Waals surface area (Å²) in [5.41, 5.74) is 0. The Hall–Kier alpha value is -0.251. The number of hydrogen-bond donors (Lipinski definition) is 0. The summed E-state index contributed by atoms with van der Waals surface area (Å²) in [7, 11) is 3.57. The van der Waals surface area contributed by atoms with Crippen LogP contribution < -0.4 is 0 Å². The molecular formula is C27H57MnNO3P+. The monoisotopic (exact) mass is 529 g/mol. The Kier molecular flexibility index (Phi) is 50.6. The van der Waals surface area contributed by atoms with Gasteiger partial charge >= 0.3 is 8.60 Å². The van der Waals surface area contributed by atoms with Crippen molar-refractivity contribution in [1.82, 2.24) is 0 Å². The van der Waals surface area contributed by atoms with Crippen molar-refractivity contribution in [2.24, 2.45) is 0 Å². The quantitative estimate of drug-likeness (QED) is 0.0815. The Morgan fingerprint density at radius 2 is 0.758 bits per heavy atom. The predicted octanol–water partition coefficient (Wildman–Crippen LogP) is 8.87. The van der Waals surface area contributed by atoms with Crippen LogP contribution in [0.1, 0.15) is 79.1 Å². The van der Waals surface area contributed by atoms with Crippen LogP contribution in [0.5, 0.6) is 0 Å². The van der Waals surface area contributed by atoms with Crippen molar-refractivity contribution < 1.29 is 35.1 Å². The predicted molar refractivity (Wildman–Crippen MR) is 148 cm³/mol. The standard InChI is InChI=1S/C16H36N.2C4H6.C3H9O3P.Mn/c1-5-9-13-17(14-10-6-2,15-11-7-3)16-12-8-4;2*1-3-4-2;1-4-7(5-2)6-3;/h5-16H2,1-4H3;2*3-4H,1-2H2;1-3H3;/q+1;;;;. The summed E-state index contributed by atoms with van der Waals surface area (Å²) < 4.78 is 15.4. The Morgan fingerprint density at radius 1 is 0.545 bits per heavy atom. The van der Waals surface area contributed by atoms with E-state index in [1.165, 1.54) is 82.0 Å². The van der Waals surface area contributed by atoms with Gasteiger partial charge in [0.15, 0.2) is 0 Å². The van der Waals surface area contributed by atoms with E-state index in [0.29, 0.717) is 0 Å². The van der Waals surface area contributed by atoms with E-state index in [1.807, 2.05) is 0 Å². The van der Waals surface area contributed by atoms with E-state index < -0.39 is 8.60 Å². The van der Waals surface area contributed by atoms with Gasteiger partial charge in [0.1, 0.15) is 0 Å². The molecule has 0 atom stereocenters. The first kappa shape index (κ1) is 42.9. The fourth-order valence-corrected chi connectivity index (χ4v) is 3.32. The van der Waals surface area contributed by atoms with Crippen LogP contribution >= 0.6 is 8.60 Å². The normalized spacial score (nSPS) is 9.58. The van der Waals surface area contributed by atoms with Gasteiger partial charge in [-0.3, -0.25) is 0 Å². The molecule has 1 radical (unpaired) electrons. The van der Waals surface area contributed by atoms with Gasteiger partial charge in [-0.1, -0.05) is 104 Å². The van der Waals surface area contributed by atoms with E-state index >= 15 is 0 Å². The summed E-state index contributed by atoms with van der Waals surface area (Å²) in [6.45, 7) is 28.5. The van der Waals surface area contributed by atoms with Crippen molar-refractivity contribution in [1.29, 1.82) is 0 Å². The van der Waals surface area contributed by atoms with Crippen LogP contribution in [-0.2, 0) is 30.6 Å². The van der Waals surface area contributed by atoms with Crippen LogP contribution in [-0.4, -0.2) is 52.0 Å². The van der Waals surface area contributed by atoms with Gasteiger partial charge in [-0.25, -0.2) is 0 Å². The minimum atomic E-state index is -1.05. The van der Waals surface area contributed by atoms with Gasteiger partial charge in [-0.05, 0) is 25.7 Å². The van der Waals surface area contributed by atoms with Crippen LogP contribution in [0.4, 0.5) is 0 Å². The van der Waals surface area contributed by atoms with Crippen molar-refractivity contribution >= 4 is 8.60 Å². The van der Waals surface area contributed by atoms with Gasteiger partial charge in [0.2, 0.25) is 0 Å². The second-order valence-electron chi connectivity index (χ2n) is 7.36. The minimum absolute atomic E-state index is 0. The Bertz CT molecular complexity index is 325. The second-order valence-corrected chi connectivity index (χ2v) is 8.91. The average molecular weight is 530 g/mol. The number of allylic oxidation sites excluding steroid dienone is 4. The molecule has 0 fully saturated rings. The summed E-state index contributed by atoms with van der Waals surface area (Å²) in [6, 6.07) is 0. The molecule has 0 spiro atoms. The number of rotatable bonds is 17. The summed E-state index contributed by atoms with van der Waals surface area (Å²) in [5, 5.41) is 0. The number of hydrogen-bond acceptors (Lipinski definition) is 3. The molecule has 0 aliphatic carbocycles. The van der Waals surface area contributed by atoms with Crippen LogP contribution in [0.2, 0.25) is 0 Å². The Morgan fingerprint density at radius 3 is 0.848 bits per heavy atom. The van der Waals surface area contributed by atoms with Crippen LogP contribution in [0.15, 0.2) is 50.6 Å². The van der Waals surface area contributed by atoms with Crippen molar-refractivity contribution in [2.45, 2.75) is 79.1 Å². The summed E-state index contributed by atoms with van der Waals surface area (Å²) in [5.74, 6) is 0. The van der Waals surface area contributed by atoms with Crippen molar-refractivity contribution in [3.8, 4) is 0 Å². The maximum Gasteiger partial charge on any atom is 0.331 e. The maximum atomic E-state index is 4.67. The van der Waals surface area contributed by atoms with Gasteiger partial charge < -0.3 is 18.1 Å². The van der Waals surface area contributed by atoms with E-state index in [2.05, 4.69) is 67.6 Å². The van der Waals surface area contributed by atoms with Gasteiger partial charge in [-0.2, -0.15) is 0 Å². The number of nitrogens with zero attached hydrogens (tertiary/aromatic N) is 1. The molecule has 199 valence electrons. The summed E-state index contributed by atoms with van der Waals surface area (Å²) in [6.07, 6.45) is 17.6. The first-order valence-electron chi connectivity index (χ1n) is 12.2. The first-order chi connectivity index (χ1) is 15.4. The van der Waals surface area contributed by atoms with Gasteiger partial charge in [0.05, 0.1) is 26.2 Å². The van der Waals surface area contributed by atoms with E-state index in [4.69, 9.17) is 0 Å². The van der Waals surface area contributed by atoms with E-state index in [9.17, 15) is 0 Å². The van der Waals surface area contributed by atoms with Crippen molar-refractivity contribution in [2.75, 3.05) is 47.5 Å². The molecule has 0 unspecified atom stereocenters.